The molecule has 0 aromatic carbocycles. The number of nitrogens with zero attached hydrogens (tertiary/aromatic N) is 3. The molecule has 0 fully saturated rings. The molecule has 8 heteroatoms. The molecule has 0 spiro atoms. The van der Waals surface area contributed by atoms with Gasteiger partial charge < -0.3 is 9.73 Å². The Hall–Kier alpha value is -2.74. The first-order valence-electron chi connectivity index (χ1n) is 6.04. The van der Waals surface area contributed by atoms with Crippen LogP contribution < -0.4 is 10.9 Å². The Kier molecular flexibility index (Phi) is 3.61. The molecule has 0 aliphatic heterocycles. The van der Waals surface area contributed by atoms with Crippen molar-refractivity contribution in [3.8, 4) is 11.5 Å². The molecule has 21 heavy (non-hydrogen) atoms. The van der Waals surface area contributed by atoms with Gasteiger partial charge in [-0.15, -0.1) is 11.3 Å². The minimum Gasteiger partial charge on any atom is -0.463 e. The minimum atomic E-state index is -0.365. The van der Waals surface area contributed by atoms with E-state index in [0.29, 0.717) is 16.6 Å². The van der Waals surface area contributed by atoms with E-state index < -0.39 is 0 Å². The number of hydrogen-bond acceptors (Lipinski definition) is 6. The molecule has 0 aliphatic carbocycles. The zero-order valence-corrected chi connectivity index (χ0v) is 11.5. The highest BCUT2D eigenvalue weighted by Gasteiger charge is 2.10. The predicted molar refractivity (Wildman–Crippen MR) is 76.9 cm³/mol. The Morgan fingerprint density at radius 3 is 3.00 bits per heavy atom. The van der Waals surface area contributed by atoms with Crippen molar-refractivity contribution >= 4 is 22.4 Å². The van der Waals surface area contributed by atoms with E-state index in [0.717, 1.165) is 4.68 Å². The summed E-state index contributed by atoms with van der Waals surface area (Å²) in [6.45, 7) is -0.188. The van der Waals surface area contributed by atoms with E-state index in [1.165, 1.54) is 23.7 Å². The van der Waals surface area contributed by atoms with Gasteiger partial charge in [-0.2, -0.15) is 5.10 Å². The fraction of sp³-hybridized carbons (Fsp3) is 0.0769. The van der Waals surface area contributed by atoms with E-state index >= 15 is 0 Å². The Morgan fingerprint density at radius 1 is 1.38 bits per heavy atom. The summed E-state index contributed by atoms with van der Waals surface area (Å²) in [6.07, 6.45) is 3.10. The second-order valence-electron chi connectivity index (χ2n) is 4.08. The number of carbonyl (C=O) groups excluding carboxylic acids is 1. The normalized spacial score (nSPS) is 10.5. The van der Waals surface area contributed by atoms with E-state index in [-0.39, 0.29) is 18.0 Å². The number of amides is 1. The van der Waals surface area contributed by atoms with Gasteiger partial charge in [0.1, 0.15) is 12.2 Å². The zero-order chi connectivity index (χ0) is 14.7. The van der Waals surface area contributed by atoms with Crippen molar-refractivity contribution in [2.75, 3.05) is 5.32 Å². The SMILES string of the molecule is O=C(Cn1nc(-c2ccco2)ccc1=O)Nc1nccs1. The summed E-state index contributed by atoms with van der Waals surface area (Å²) in [4.78, 5) is 27.6. The van der Waals surface area contributed by atoms with Crippen LogP contribution in [0, 0.1) is 0 Å². The molecular weight excluding hydrogens is 292 g/mol. The molecule has 3 aromatic heterocycles. The van der Waals surface area contributed by atoms with Gasteiger partial charge in [0.05, 0.1) is 6.26 Å². The van der Waals surface area contributed by atoms with Crippen LogP contribution in [-0.4, -0.2) is 20.7 Å². The van der Waals surface area contributed by atoms with Crippen molar-refractivity contribution in [2.45, 2.75) is 6.54 Å². The van der Waals surface area contributed by atoms with E-state index in [1.54, 1.807) is 29.8 Å². The lowest BCUT2D eigenvalue weighted by Gasteiger charge is -2.05. The largest absolute Gasteiger partial charge is 0.463 e. The number of thiazole rings is 1. The summed E-state index contributed by atoms with van der Waals surface area (Å²) in [7, 11) is 0. The van der Waals surface area contributed by atoms with E-state index in [9.17, 15) is 9.59 Å². The third kappa shape index (κ3) is 3.06. The Morgan fingerprint density at radius 2 is 2.29 bits per heavy atom. The average molecular weight is 302 g/mol. The number of hydrogen-bond donors (Lipinski definition) is 1. The predicted octanol–water partition coefficient (Wildman–Crippen LogP) is 1.60. The Bertz CT molecular complexity index is 793. The van der Waals surface area contributed by atoms with Crippen molar-refractivity contribution in [3.05, 3.63) is 52.5 Å². The quantitative estimate of drug-likeness (QED) is 0.790. The number of furan rings is 1. The van der Waals surface area contributed by atoms with Crippen LogP contribution in [0.4, 0.5) is 5.13 Å². The summed E-state index contributed by atoms with van der Waals surface area (Å²) in [6, 6.07) is 6.35. The van der Waals surface area contributed by atoms with Gasteiger partial charge in [-0.1, -0.05) is 0 Å². The molecule has 7 nitrogen and oxygen atoms in total. The molecule has 3 aromatic rings. The van der Waals surface area contributed by atoms with Gasteiger partial charge in [0, 0.05) is 17.6 Å². The standard InChI is InChI=1S/C13H10N4O3S/c18-11(15-13-14-5-7-21-13)8-17-12(19)4-3-9(16-17)10-2-1-6-20-10/h1-7H,8H2,(H,14,15,18). The van der Waals surface area contributed by atoms with Gasteiger partial charge in [-0.05, 0) is 18.2 Å². The Labute approximate surface area is 122 Å². The van der Waals surface area contributed by atoms with Crippen LogP contribution in [0.3, 0.4) is 0 Å². The summed E-state index contributed by atoms with van der Waals surface area (Å²) < 4.78 is 6.30. The number of rotatable bonds is 4. The van der Waals surface area contributed by atoms with E-state index in [4.69, 9.17) is 4.42 Å². The van der Waals surface area contributed by atoms with Gasteiger partial charge in [0.15, 0.2) is 10.9 Å². The number of carbonyl (C=O) groups is 1. The topological polar surface area (TPSA) is 90.0 Å². The number of anilines is 1. The lowest BCUT2D eigenvalue weighted by Crippen LogP contribution is -2.29. The lowest BCUT2D eigenvalue weighted by atomic mass is 10.3. The number of aromatic nitrogens is 3. The van der Waals surface area contributed by atoms with E-state index in [1.807, 2.05) is 0 Å². The van der Waals surface area contributed by atoms with E-state index in [2.05, 4.69) is 15.4 Å². The molecule has 106 valence electrons. The van der Waals surface area contributed by atoms with Crippen LogP contribution in [0.5, 0.6) is 0 Å². The highest BCUT2D eigenvalue weighted by Crippen LogP contribution is 2.15. The van der Waals surface area contributed by atoms with Crippen LogP contribution in [-0.2, 0) is 11.3 Å². The van der Waals surface area contributed by atoms with Gasteiger partial charge in [0.25, 0.3) is 5.56 Å². The maximum atomic E-state index is 11.9. The van der Waals surface area contributed by atoms with Gasteiger partial charge >= 0.3 is 0 Å². The molecular formula is C13H10N4O3S. The summed E-state index contributed by atoms with van der Waals surface area (Å²) >= 11 is 1.30. The van der Waals surface area contributed by atoms with Gasteiger partial charge in [-0.25, -0.2) is 9.67 Å². The van der Waals surface area contributed by atoms with Crippen molar-refractivity contribution < 1.29 is 9.21 Å². The average Bonchev–Trinajstić information content (AvgIpc) is 3.14. The van der Waals surface area contributed by atoms with Crippen molar-refractivity contribution in [1.82, 2.24) is 14.8 Å². The van der Waals surface area contributed by atoms with Crippen molar-refractivity contribution in [1.29, 1.82) is 0 Å². The molecule has 1 amide bonds. The first-order chi connectivity index (χ1) is 10.2. The fourth-order valence-electron chi connectivity index (χ4n) is 1.70. The highest BCUT2D eigenvalue weighted by atomic mass is 32.1. The lowest BCUT2D eigenvalue weighted by molar-refractivity contribution is -0.117. The third-order valence-electron chi connectivity index (χ3n) is 2.61. The summed E-state index contributed by atoms with van der Waals surface area (Å²) in [5, 5.41) is 8.94. The van der Waals surface area contributed by atoms with Gasteiger partial charge in [0.2, 0.25) is 5.91 Å². The minimum absolute atomic E-state index is 0.188. The molecule has 0 unspecified atom stereocenters. The van der Waals surface area contributed by atoms with Crippen molar-refractivity contribution in [3.63, 3.8) is 0 Å². The molecule has 1 N–H and O–H groups in total. The smallest absolute Gasteiger partial charge is 0.267 e. The maximum Gasteiger partial charge on any atom is 0.267 e. The second kappa shape index (κ2) is 5.71. The fourth-order valence-corrected chi connectivity index (χ4v) is 2.24. The van der Waals surface area contributed by atoms with Crippen LogP contribution in [0.2, 0.25) is 0 Å². The molecule has 0 radical (unpaired) electrons. The molecule has 3 rings (SSSR count). The van der Waals surface area contributed by atoms with Crippen LogP contribution >= 0.6 is 11.3 Å². The molecule has 0 bridgehead atoms. The summed E-state index contributed by atoms with van der Waals surface area (Å²) in [5.41, 5.74) is 0.126. The van der Waals surface area contributed by atoms with Crippen LogP contribution in [0.1, 0.15) is 0 Å². The Balaban J connectivity index is 1.80. The van der Waals surface area contributed by atoms with Crippen molar-refractivity contribution in [2.24, 2.45) is 0 Å². The van der Waals surface area contributed by atoms with Crippen LogP contribution in [0.25, 0.3) is 11.5 Å². The van der Waals surface area contributed by atoms with Crippen LogP contribution in [0.15, 0.2) is 51.3 Å². The molecule has 0 aliphatic rings. The molecule has 0 saturated carbocycles. The summed E-state index contributed by atoms with van der Waals surface area (Å²) in [5.74, 6) is 0.167. The number of nitrogens with one attached hydrogen (secondary N) is 1. The third-order valence-corrected chi connectivity index (χ3v) is 3.30. The monoisotopic (exact) mass is 302 g/mol. The zero-order valence-electron chi connectivity index (χ0n) is 10.7. The molecule has 3 heterocycles. The molecule has 0 saturated heterocycles. The highest BCUT2D eigenvalue weighted by molar-refractivity contribution is 7.13. The first kappa shape index (κ1) is 13.3. The second-order valence-corrected chi connectivity index (χ2v) is 4.97. The maximum absolute atomic E-state index is 11.9. The molecule has 0 atom stereocenters. The van der Waals surface area contributed by atoms with Gasteiger partial charge in [-0.3, -0.25) is 9.59 Å². The first-order valence-corrected chi connectivity index (χ1v) is 6.92.